The Morgan fingerprint density at radius 3 is 2.19 bits per heavy atom. The van der Waals surface area contributed by atoms with Crippen molar-refractivity contribution in [1.82, 2.24) is 4.90 Å². The Labute approximate surface area is 243 Å². The first-order valence-corrected chi connectivity index (χ1v) is 14.4. The minimum absolute atomic E-state index is 0.0911. The van der Waals surface area contributed by atoms with Crippen molar-refractivity contribution in [2.24, 2.45) is 0 Å². The maximum absolute atomic E-state index is 14.7. The molecular formula is C32H28F5NO3S. The predicted molar refractivity (Wildman–Crippen MR) is 152 cm³/mol. The molecule has 3 aromatic carbocycles. The van der Waals surface area contributed by atoms with Crippen molar-refractivity contribution >= 4 is 33.1 Å². The van der Waals surface area contributed by atoms with Crippen molar-refractivity contribution in [3.63, 3.8) is 0 Å². The number of methoxy groups -OCH3 is 1. The van der Waals surface area contributed by atoms with Crippen LogP contribution in [0.15, 0.2) is 54.6 Å². The molecule has 4 aromatic rings. The number of amides is 1. The van der Waals surface area contributed by atoms with E-state index in [9.17, 15) is 31.5 Å². The van der Waals surface area contributed by atoms with Gasteiger partial charge in [-0.2, -0.15) is 13.2 Å². The molecule has 0 bridgehead atoms. The number of nitrogens with zero attached hydrogens (tertiary/aromatic N) is 1. The topological polar surface area (TPSA) is 46.6 Å². The lowest BCUT2D eigenvalue weighted by Crippen LogP contribution is -2.41. The molecule has 10 heteroatoms. The summed E-state index contributed by atoms with van der Waals surface area (Å²) in [5.74, 6) is -2.88. The van der Waals surface area contributed by atoms with Gasteiger partial charge in [0.1, 0.15) is 17.4 Å². The predicted octanol–water partition coefficient (Wildman–Crippen LogP) is 8.88. The molecule has 42 heavy (non-hydrogen) atoms. The smallest absolute Gasteiger partial charge is 0.454 e. The molecule has 1 amide bonds. The largest absolute Gasteiger partial charge is 0.496 e. The molecule has 1 fully saturated rings. The van der Waals surface area contributed by atoms with E-state index in [0.717, 1.165) is 67.7 Å². The summed E-state index contributed by atoms with van der Waals surface area (Å²) in [7, 11) is 1.50. The molecule has 5 rings (SSSR count). The Morgan fingerprint density at radius 1 is 0.929 bits per heavy atom. The number of ether oxygens (including phenoxy) is 1. The molecule has 1 heterocycles. The average molecular weight is 602 g/mol. The van der Waals surface area contributed by atoms with Gasteiger partial charge < -0.3 is 9.64 Å². The van der Waals surface area contributed by atoms with Gasteiger partial charge in [-0.25, -0.2) is 8.78 Å². The number of carbonyl (C=O) groups excluding carboxylic acids is 2. The van der Waals surface area contributed by atoms with E-state index in [0.29, 0.717) is 28.0 Å². The maximum atomic E-state index is 14.7. The molecule has 0 radical (unpaired) electrons. The van der Waals surface area contributed by atoms with Gasteiger partial charge in [-0.05, 0) is 60.7 Å². The number of Topliss-reactive ketones (excluding diaryl/α,β-unsaturated/α-hetero) is 1. The SMILES string of the molecule is COc1ccc(-c2ccc(C(=O)C(F)(F)F)cc2)cc1CN(C(=O)c1sc2c(F)ccc(F)c2c1C)C1CCCCC1. The number of hydrogen-bond acceptors (Lipinski definition) is 4. The number of fused-ring (bicyclic) bond motifs is 1. The molecule has 0 spiro atoms. The minimum Gasteiger partial charge on any atom is -0.496 e. The number of rotatable bonds is 7. The monoisotopic (exact) mass is 601 g/mol. The Hall–Kier alpha value is -3.79. The average Bonchev–Trinajstić information content (AvgIpc) is 3.35. The zero-order valence-corrected chi connectivity index (χ0v) is 23.8. The van der Waals surface area contributed by atoms with E-state index in [1.165, 1.54) is 19.2 Å². The van der Waals surface area contributed by atoms with Crippen molar-refractivity contribution < 1.29 is 36.3 Å². The highest BCUT2D eigenvalue weighted by atomic mass is 32.1. The van der Waals surface area contributed by atoms with Gasteiger partial charge in [0.15, 0.2) is 0 Å². The second-order valence-electron chi connectivity index (χ2n) is 10.4. The van der Waals surface area contributed by atoms with Crippen molar-refractivity contribution in [1.29, 1.82) is 0 Å². The van der Waals surface area contributed by atoms with Crippen LogP contribution in [-0.4, -0.2) is 35.9 Å². The van der Waals surface area contributed by atoms with Gasteiger partial charge in [0.2, 0.25) is 0 Å². The molecule has 220 valence electrons. The summed E-state index contributed by atoms with van der Waals surface area (Å²) < 4.78 is 73.5. The Bertz CT molecular complexity index is 1640. The third-order valence-corrected chi connectivity index (χ3v) is 9.10. The fourth-order valence-electron chi connectivity index (χ4n) is 5.61. The van der Waals surface area contributed by atoms with Gasteiger partial charge in [-0.3, -0.25) is 9.59 Å². The van der Waals surface area contributed by atoms with E-state index in [1.807, 2.05) is 0 Å². The third-order valence-electron chi connectivity index (χ3n) is 7.81. The molecule has 0 aliphatic heterocycles. The Balaban J connectivity index is 1.52. The van der Waals surface area contributed by atoms with Gasteiger partial charge in [-0.1, -0.05) is 49.6 Å². The summed E-state index contributed by atoms with van der Waals surface area (Å²) in [6, 6.07) is 12.5. The molecule has 0 N–H and O–H groups in total. The lowest BCUT2D eigenvalue weighted by molar-refractivity contribution is -0.0885. The molecule has 0 unspecified atom stereocenters. The molecule has 1 aliphatic carbocycles. The van der Waals surface area contributed by atoms with Crippen molar-refractivity contribution in [2.45, 2.75) is 57.8 Å². The van der Waals surface area contributed by atoms with Crippen molar-refractivity contribution in [3.05, 3.63) is 87.8 Å². The lowest BCUT2D eigenvalue weighted by Gasteiger charge is -2.35. The number of aryl methyl sites for hydroxylation is 1. The summed E-state index contributed by atoms with van der Waals surface area (Å²) in [6.45, 7) is 1.78. The summed E-state index contributed by atoms with van der Waals surface area (Å²) in [4.78, 5) is 27.8. The van der Waals surface area contributed by atoms with Gasteiger partial charge in [0.05, 0.1) is 16.7 Å². The van der Waals surface area contributed by atoms with E-state index >= 15 is 0 Å². The highest BCUT2D eigenvalue weighted by Gasteiger charge is 2.39. The van der Waals surface area contributed by atoms with Crippen LogP contribution in [0, 0.1) is 18.6 Å². The number of alkyl halides is 3. The second-order valence-corrected chi connectivity index (χ2v) is 11.5. The Kier molecular flexibility index (Phi) is 8.37. The normalized spacial score (nSPS) is 14.3. The quantitative estimate of drug-likeness (QED) is 0.157. The van der Waals surface area contributed by atoms with Crippen LogP contribution in [0.25, 0.3) is 21.2 Å². The van der Waals surface area contributed by atoms with Crippen LogP contribution in [-0.2, 0) is 6.54 Å². The fourth-order valence-corrected chi connectivity index (χ4v) is 6.79. The van der Waals surface area contributed by atoms with Crippen molar-refractivity contribution in [3.8, 4) is 16.9 Å². The fraction of sp³-hybridized carbons (Fsp3) is 0.312. The van der Waals surface area contributed by atoms with Crippen LogP contribution in [0.4, 0.5) is 22.0 Å². The van der Waals surface area contributed by atoms with Crippen LogP contribution < -0.4 is 4.74 Å². The summed E-state index contributed by atoms with van der Waals surface area (Å²) >= 11 is 0.946. The number of halogens is 5. The first-order valence-electron chi connectivity index (χ1n) is 13.6. The molecule has 1 saturated carbocycles. The van der Waals surface area contributed by atoms with E-state index in [-0.39, 0.29) is 33.5 Å². The first-order chi connectivity index (χ1) is 20.0. The zero-order valence-electron chi connectivity index (χ0n) is 23.0. The van der Waals surface area contributed by atoms with Crippen LogP contribution in [0.5, 0.6) is 5.75 Å². The number of hydrogen-bond donors (Lipinski definition) is 0. The van der Waals surface area contributed by atoms with Crippen LogP contribution in [0.1, 0.15) is 63.3 Å². The number of benzene rings is 3. The zero-order chi connectivity index (χ0) is 30.2. The van der Waals surface area contributed by atoms with Gasteiger partial charge in [0, 0.05) is 29.1 Å². The highest BCUT2D eigenvalue weighted by Crippen LogP contribution is 2.38. The summed E-state index contributed by atoms with van der Waals surface area (Å²) in [6.07, 6.45) is -0.437. The first kappa shape index (κ1) is 29.7. The standard InChI is InChI=1S/C32H28F5NO3S/c1-18-27-24(33)13-14-25(34)29(27)42-28(18)31(40)38(23-6-4-3-5-7-23)17-22-16-21(12-15-26(22)41-2)19-8-10-20(11-9-19)30(39)32(35,36)37/h8-16,23H,3-7,17H2,1-2H3. The summed E-state index contributed by atoms with van der Waals surface area (Å²) in [5.41, 5.74) is 1.85. The molecule has 1 aliphatic rings. The molecule has 1 aromatic heterocycles. The molecule has 4 nitrogen and oxygen atoms in total. The highest BCUT2D eigenvalue weighted by molar-refractivity contribution is 7.21. The molecular weight excluding hydrogens is 573 g/mol. The number of carbonyl (C=O) groups is 2. The van der Waals surface area contributed by atoms with Gasteiger partial charge in [0.25, 0.3) is 11.7 Å². The van der Waals surface area contributed by atoms with Crippen LogP contribution in [0.3, 0.4) is 0 Å². The van der Waals surface area contributed by atoms with Gasteiger partial charge >= 0.3 is 6.18 Å². The van der Waals surface area contributed by atoms with Crippen LogP contribution in [0.2, 0.25) is 0 Å². The van der Waals surface area contributed by atoms with E-state index in [2.05, 4.69) is 0 Å². The Morgan fingerprint density at radius 2 is 1.57 bits per heavy atom. The molecule has 0 saturated heterocycles. The minimum atomic E-state index is -4.96. The van der Waals surface area contributed by atoms with E-state index < -0.39 is 29.2 Å². The van der Waals surface area contributed by atoms with Crippen LogP contribution >= 0.6 is 11.3 Å². The van der Waals surface area contributed by atoms with E-state index in [4.69, 9.17) is 4.74 Å². The second kappa shape index (κ2) is 11.8. The summed E-state index contributed by atoms with van der Waals surface area (Å²) in [5, 5.41) is 0.110. The molecule has 0 atom stereocenters. The van der Waals surface area contributed by atoms with Crippen molar-refractivity contribution in [2.75, 3.05) is 7.11 Å². The lowest BCUT2D eigenvalue weighted by atomic mass is 9.93. The van der Waals surface area contributed by atoms with E-state index in [1.54, 1.807) is 30.0 Å². The number of thiophene rings is 1. The maximum Gasteiger partial charge on any atom is 0.454 e. The van der Waals surface area contributed by atoms with Gasteiger partial charge in [-0.15, -0.1) is 11.3 Å². The number of ketones is 1. The third kappa shape index (κ3) is 5.77.